The summed E-state index contributed by atoms with van der Waals surface area (Å²) in [6.07, 6.45) is 2.16. The molecule has 14 heteroatoms. The Morgan fingerprint density at radius 2 is 1.18 bits per heavy atom. The highest BCUT2D eigenvalue weighted by Crippen LogP contribution is 2.06. The number of hydrogen-bond acceptors (Lipinski definition) is 9. The van der Waals surface area contributed by atoms with E-state index in [1.165, 1.54) is 0 Å². The quantitative estimate of drug-likeness (QED) is 0.0683. The first-order valence-corrected chi connectivity index (χ1v) is 11.8. The van der Waals surface area contributed by atoms with E-state index >= 15 is 0 Å². The molecule has 4 unspecified atom stereocenters. The summed E-state index contributed by atoms with van der Waals surface area (Å²) < 4.78 is 0. The van der Waals surface area contributed by atoms with E-state index in [9.17, 15) is 24.0 Å². The summed E-state index contributed by atoms with van der Waals surface area (Å²) in [5, 5.41) is 25.4. The lowest BCUT2D eigenvalue weighted by Crippen LogP contribution is -2.57. The number of nitrogens with one attached hydrogen (secondary N) is 3. The van der Waals surface area contributed by atoms with Crippen LogP contribution in [0.1, 0.15) is 51.4 Å². The number of unbranched alkanes of at least 4 members (excludes halogenated alkanes) is 2. The highest BCUT2D eigenvalue weighted by molar-refractivity contribution is 7.80. The van der Waals surface area contributed by atoms with E-state index in [2.05, 4.69) is 28.6 Å². The minimum atomic E-state index is -1.29. The van der Waals surface area contributed by atoms with Crippen LogP contribution in [0.3, 0.4) is 0 Å². The zero-order chi connectivity index (χ0) is 26.1. The summed E-state index contributed by atoms with van der Waals surface area (Å²) in [6, 6.07) is -4.56. The zero-order valence-corrected chi connectivity index (χ0v) is 20.1. The summed E-state index contributed by atoms with van der Waals surface area (Å²) >= 11 is 3.90. The minimum absolute atomic E-state index is 0.159. The monoisotopic (exact) mass is 506 g/mol. The number of amides is 3. The number of nitrogens with two attached hydrogens (primary N) is 3. The van der Waals surface area contributed by atoms with Crippen molar-refractivity contribution in [2.75, 3.05) is 18.8 Å². The van der Waals surface area contributed by atoms with Crippen molar-refractivity contribution in [1.82, 2.24) is 16.0 Å². The van der Waals surface area contributed by atoms with Crippen molar-refractivity contribution < 1.29 is 34.2 Å². The van der Waals surface area contributed by atoms with Crippen LogP contribution in [0.5, 0.6) is 0 Å². The summed E-state index contributed by atoms with van der Waals surface area (Å²) in [5.41, 5.74) is 16.8. The average molecular weight is 507 g/mol. The standard InChI is InChI=1S/C20H38N6O7S/c21-9-3-1-5-12(23)17(29)24-14(7-8-16(27)28)19(31)25-13(6-2-4-10-22)18(30)26-15(11-34)20(32)33/h12-15,34H,1-11,21-23H2,(H,24,29)(H,25,31)(H,26,30)(H,27,28)(H,32,33). The second-order valence-electron chi connectivity index (χ2n) is 7.81. The number of carbonyl (C=O) groups is 5. The Balaban J connectivity index is 5.41. The Labute approximate surface area is 204 Å². The fraction of sp³-hybridized carbons (Fsp3) is 0.750. The van der Waals surface area contributed by atoms with E-state index in [-0.39, 0.29) is 18.6 Å². The molecule has 0 fully saturated rings. The van der Waals surface area contributed by atoms with Crippen LogP contribution in [0, 0.1) is 0 Å². The molecule has 0 saturated heterocycles. The number of hydrogen-bond donors (Lipinski definition) is 9. The molecule has 0 bridgehead atoms. The molecule has 0 spiro atoms. The Kier molecular flexibility index (Phi) is 16.7. The van der Waals surface area contributed by atoms with E-state index in [1.54, 1.807) is 0 Å². The lowest BCUT2D eigenvalue weighted by atomic mass is 10.0. The van der Waals surface area contributed by atoms with Crippen molar-refractivity contribution in [3.8, 4) is 0 Å². The topological polar surface area (TPSA) is 240 Å². The molecule has 34 heavy (non-hydrogen) atoms. The van der Waals surface area contributed by atoms with Gasteiger partial charge in [-0.05, 0) is 51.6 Å². The number of rotatable bonds is 19. The molecule has 4 atom stereocenters. The fourth-order valence-corrected chi connectivity index (χ4v) is 3.19. The summed E-state index contributed by atoms with van der Waals surface area (Å²) in [7, 11) is 0. The molecular formula is C20H38N6O7S. The van der Waals surface area contributed by atoms with E-state index in [0.717, 1.165) is 0 Å². The average Bonchev–Trinajstić information content (AvgIpc) is 2.78. The van der Waals surface area contributed by atoms with Crippen LogP contribution in [0.25, 0.3) is 0 Å². The molecule has 196 valence electrons. The molecule has 0 rings (SSSR count). The SMILES string of the molecule is NCCCCC(N)C(=O)NC(CCC(=O)O)C(=O)NC(CCCCN)C(=O)NC(CS)C(=O)O. The molecule has 0 aromatic rings. The predicted molar refractivity (Wildman–Crippen MR) is 128 cm³/mol. The first-order valence-electron chi connectivity index (χ1n) is 11.2. The van der Waals surface area contributed by atoms with Crippen molar-refractivity contribution >= 4 is 42.3 Å². The Morgan fingerprint density at radius 1 is 0.706 bits per heavy atom. The van der Waals surface area contributed by atoms with Crippen molar-refractivity contribution in [2.45, 2.75) is 75.5 Å². The molecule has 11 N–H and O–H groups in total. The van der Waals surface area contributed by atoms with Crippen molar-refractivity contribution in [2.24, 2.45) is 17.2 Å². The second-order valence-corrected chi connectivity index (χ2v) is 8.18. The third-order valence-electron chi connectivity index (χ3n) is 4.96. The number of carboxylic acid groups (broad SMARTS) is 2. The molecule has 0 heterocycles. The first kappa shape index (κ1) is 31.6. The van der Waals surface area contributed by atoms with Gasteiger partial charge in [0, 0.05) is 12.2 Å². The van der Waals surface area contributed by atoms with Gasteiger partial charge >= 0.3 is 11.9 Å². The van der Waals surface area contributed by atoms with Crippen molar-refractivity contribution in [1.29, 1.82) is 0 Å². The summed E-state index contributed by atoms with van der Waals surface area (Å²) in [4.78, 5) is 60.2. The normalized spacial score (nSPS) is 14.4. The lowest BCUT2D eigenvalue weighted by Gasteiger charge is -2.25. The molecule has 0 aromatic carbocycles. The van der Waals surface area contributed by atoms with Gasteiger partial charge in [-0.25, -0.2) is 4.79 Å². The smallest absolute Gasteiger partial charge is 0.327 e. The van der Waals surface area contributed by atoms with Crippen LogP contribution < -0.4 is 33.2 Å². The largest absolute Gasteiger partial charge is 0.481 e. The van der Waals surface area contributed by atoms with Crippen LogP contribution >= 0.6 is 12.6 Å². The van der Waals surface area contributed by atoms with Gasteiger partial charge in [0.1, 0.15) is 18.1 Å². The maximum absolute atomic E-state index is 12.9. The predicted octanol–water partition coefficient (Wildman–Crippen LogP) is -2.09. The Hall–Kier alpha value is -2.42. The molecule has 3 amide bonds. The van der Waals surface area contributed by atoms with Gasteiger partial charge in [0.2, 0.25) is 17.7 Å². The van der Waals surface area contributed by atoms with Crippen LogP contribution in [0.2, 0.25) is 0 Å². The molecule has 0 saturated carbocycles. The van der Waals surface area contributed by atoms with E-state index in [1.807, 2.05) is 0 Å². The molecule has 0 aliphatic heterocycles. The number of aliphatic carboxylic acids is 2. The van der Waals surface area contributed by atoms with E-state index < -0.39 is 60.2 Å². The van der Waals surface area contributed by atoms with Gasteiger partial charge in [0.15, 0.2) is 0 Å². The molecular weight excluding hydrogens is 468 g/mol. The molecule has 0 aromatic heterocycles. The van der Waals surface area contributed by atoms with Crippen LogP contribution in [-0.4, -0.2) is 82.9 Å². The van der Waals surface area contributed by atoms with E-state index in [0.29, 0.717) is 45.2 Å². The van der Waals surface area contributed by atoms with Crippen LogP contribution in [0.4, 0.5) is 0 Å². The molecule has 0 aliphatic carbocycles. The van der Waals surface area contributed by atoms with Gasteiger partial charge in [-0.2, -0.15) is 12.6 Å². The van der Waals surface area contributed by atoms with Gasteiger partial charge in [-0.15, -0.1) is 0 Å². The maximum atomic E-state index is 12.9. The molecule has 0 aliphatic rings. The highest BCUT2D eigenvalue weighted by atomic mass is 32.1. The molecule has 13 nitrogen and oxygen atoms in total. The number of carbonyl (C=O) groups excluding carboxylic acids is 3. The molecule has 0 radical (unpaired) electrons. The highest BCUT2D eigenvalue weighted by Gasteiger charge is 2.30. The second kappa shape index (κ2) is 18.0. The van der Waals surface area contributed by atoms with Crippen molar-refractivity contribution in [3.05, 3.63) is 0 Å². The van der Waals surface area contributed by atoms with Crippen LogP contribution in [0.15, 0.2) is 0 Å². The fourth-order valence-electron chi connectivity index (χ4n) is 2.95. The van der Waals surface area contributed by atoms with Gasteiger partial charge in [-0.1, -0.05) is 6.42 Å². The van der Waals surface area contributed by atoms with Crippen molar-refractivity contribution in [3.63, 3.8) is 0 Å². The Morgan fingerprint density at radius 3 is 1.65 bits per heavy atom. The van der Waals surface area contributed by atoms with E-state index in [4.69, 9.17) is 27.4 Å². The Bertz CT molecular complexity index is 682. The lowest BCUT2D eigenvalue weighted by molar-refractivity contribution is -0.141. The van der Waals surface area contributed by atoms with Gasteiger partial charge < -0.3 is 43.4 Å². The maximum Gasteiger partial charge on any atom is 0.327 e. The third-order valence-corrected chi connectivity index (χ3v) is 5.33. The van der Waals surface area contributed by atoms with Crippen LogP contribution in [-0.2, 0) is 24.0 Å². The van der Waals surface area contributed by atoms with Gasteiger partial charge in [-0.3, -0.25) is 19.2 Å². The third kappa shape index (κ3) is 13.3. The minimum Gasteiger partial charge on any atom is -0.481 e. The van der Waals surface area contributed by atoms with Gasteiger partial charge in [0.25, 0.3) is 0 Å². The zero-order valence-electron chi connectivity index (χ0n) is 19.2. The summed E-state index contributed by atoms with van der Waals surface area (Å²) in [6.45, 7) is 0.803. The summed E-state index contributed by atoms with van der Waals surface area (Å²) in [5.74, 6) is -4.78. The first-order chi connectivity index (χ1) is 16.1. The van der Waals surface area contributed by atoms with Gasteiger partial charge in [0.05, 0.1) is 6.04 Å². The number of thiol groups is 1. The number of carboxylic acids is 2.